The summed E-state index contributed by atoms with van der Waals surface area (Å²) in [4.78, 5) is 5.47. The number of benzene rings is 2. The van der Waals surface area contributed by atoms with Crippen LogP contribution in [-0.2, 0) is 6.61 Å². The average Bonchev–Trinajstić information content (AvgIpc) is 2.86. The fourth-order valence-corrected chi connectivity index (χ4v) is 2.98. The van der Waals surface area contributed by atoms with Crippen molar-refractivity contribution in [3.05, 3.63) is 64.0 Å². The molecule has 3 aromatic rings. The van der Waals surface area contributed by atoms with Crippen molar-refractivity contribution in [1.82, 2.24) is 4.98 Å². The Kier molecular flexibility index (Phi) is 4.32. The molecule has 112 valence electrons. The van der Waals surface area contributed by atoms with Gasteiger partial charge in [-0.1, -0.05) is 23.7 Å². The summed E-state index contributed by atoms with van der Waals surface area (Å²) in [6.45, 7) is 2.54. The lowest BCUT2D eigenvalue weighted by molar-refractivity contribution is 0.306. The van der Waals surface area contributed by atoms with Gasteiger partial charge < -0.3 is 10.5 Å². The molecule has 5 heteroatoms. The van der Waals surface area contributed by atoms with Gasteiger partial charge in [-0.2, -0.15) is 0 Å². The number of aromatic nitrogens is 1. The van der Waals surface area contributed by atoms with Crippen LogP contribution in [0.2, 0.25) is 5.02 Å². The summed E-state index contributed by atoms with van der Waals surface area (Å²) in [5.41, 5.74) is 8.81. The summed E-state index contributed by atoms with van der Waals surface area (Å²) >= 11 is 7.37. The number of halogens is 1. The molecule has 0 amide bonds. The molecule has 0 atom stereocenters. The van der Waals surface area contributed by atoms with E-state index in [1.807, 2.05) is 55.5 Å². The highest BCUT2D eigenvalue weighted by atomic mass is 35.5. The number of nitrogens with two attached hydrogens (primary N) is 1. The fourth-order valence-electron chi connectivity index (χ4n) is 2.14. The third-order valence-corrected chi connectivity index (χ3v) is 4.31. The van der Waals surface area contributed by atoms with Gasteiger partial charge in [0.05, 0.1) is 5.69 Å². The van der Waals surface area contributed by atoms with Crippen molar-refractivity contribution in [1.29, 1.82) is 0 Å². The zero-order chi connectivity index (χ0) is 15.5. The number of hydrogen-bond acceptors (Lipinski definition) is 4. The van der Waals surface area contributed by atoms with Gasteiger partial charge in [0.1, 0.15) is 12.4 Å². The van der Waals surface area contributed by atoms with Gasteiger partial charge in [0.2, 0.25) is 0 Å². The van der Waals surface area contributed by atoms with Crippen LogP contribution >= 0.6 is 22.9 Å². The third-order valence-electron chi connectivity index (χ3n) is 3.26. The first kappa shape index (κ1) is 14.9. The predicted molar refractivity (Wildman–Crippen MR) is 92.5 cm³/mol. The summed E-state index contributed by atoms with van der Waals surface area (Å²) < 4.78 is 5.77. The molecule has 0 radical (unpaired) electrons. The highest BCUT2D eigenvalue weighted by Crippen LogP contribution is 2.29. The molecule has 3 nitrogen and oxygen atoms in total. The summed E-state index contributed by atoms with van der Waals surface area (Å²) in [5.74, 6) is 0.819. The van der Waals surface area contributed by atoms with E-state index in [1.54, 1.807) is 0 Å². The van der Waals surface area contributed by atoms with Crippen molar-refractivity contribution in [3.63, 3.8) is 0 Å². The van der Waals surface area contributed by atoms with Crippen LogP contribution in [0, 0.1) is 6.92 Å². The Morgan fingerprint density at radius 1 is 1.09 bits per heavy atom. The van der Waals surface area contributed by atoms with Crippen molar-refractivity contribution < 1.29 is 4.74 Å². The van der Waals surface area contributed by atoms with Crippen LogP contribution in [0.3, 0.4) is 0 Å². The minimum atomic E-state index is 0.513. The van der Waals surface area contributed by atoms with E-state index in [-0.39, 0.29) is 0 Å². The van der Waals surface area contributed by atoms with Crippen LogP contribution in [0.15, 0.2) is 48.5 Å². The largest absolute Gasteiger partial charge is 0.489 e. The Labute approximate surface area is 138 Å². The van der Waals surface area contributed by atoms with Crippen LogP contribution in [0.5, 0.6) is 5.75 Å². The zero-order valence-electron chi connectivity index (χ0n) is 12.0. The van der Waals surface area contributed by atoms with Gasteiger partial charge in [-0.3, -0.25) is 0 Å². The molecule has 2 aromatic carbocycles. The summed E-state index contributed by atoms with van der Waals surface area (Å²) in [7, 11) is 0. The average molecular weight is 331 g/mol. The molecule has 1 aromatic heterocycles. The van der Waals surface area contributed by atoms with Crippen molar-refractivity contribution in [2.24, 2.45) is 0 Å². The molecule has 0 aliphatic rings. The second kappa shape index (κ2) is 6.38. The zero-order valence-corrected chi connectivity index (χ0v) is 13.6. The topological polar surface area (TPSA) is 48.1 Å². The predicted octanol–water partition coefficient (Wildman–Crippen LogP) is 4.93. The molecular weight excluding hydrogens is 316 g/mol. The lowest BCUT2D eigenvalue weighted by Crippen LogP contribution is -1.95. The first-order valence-electron chi connectivity index (χ1n) is 6.82. The molecule has 0 aliphatic heterocycles. The van der Waals surface area contributed by atoms with Gasteiger partial charge in [-0.25, -0.2) is 4.98 Å². The number of nitrogens with zero attached hydrogens (tertiary/aromatic N) is 1. The maximum absolute atomic E-state index is 5.86. The van der Waals surface area contributed by atoms with Crippen LogP contribution in [-0.4, -0.2) is 4.98 Å². The SMILES string of the molecule is Cc1sc(N)nc1-c1ccc(OCc2ccc(Cl)cc2)cc1. The van der Waals surface area contributed by atoms with Gasteiger partial charge in [0.15, 0.2) is 5.13 Å². The van der Waals surface area contributed by atoms with Crippen LogP contribution in [0.4, 0.5) is 5.13 Å². The van der Waals surface area contributed by atoms with Gasteiger partial charge in [-0.05, 0) is 48.9 Å². The minimum absolute atomic E-state index is 0.513. The lowest BCUT2D eigenvalue weighted by atomic mass is 10.1. The summed E-state index contributed by atoms with van der Waals surface area (Å²) in [6, 6.07) is 15.5. The molecular formula is C17H15ClN2OS. The van der Waals surface area contributed by atoms with E-state index in [0.29, 0.717) is 11.7 Å². The fraction of sp³-hybridized carbons (Fsp3) is 0.118. The van der Waals surface area contributed by atoms with E-state index in [4.69, 9.17) is 22.1 Å². The molecule has 22 heavy (non-hydrogen) atoms. The minimum Gasteiger partial charge on any atom is -0.489 e. The first-order chi connectivity index (χ1) is 10.6. The van der Waals surface area contributed by atoms with E-state index in [1.165, 1.54) is 11.3 Å². The molecule has 0 aliphatic carbocycles. The maximum atomic E-state index is 5.86. The van der Waals surface area contributed by atoms with Crippen LogP contribution in [0.25, 0.3) is 11.3 Å². The Hall–Kier alpha value is -2.04. The Morgan fingerprint density at radius 2 is 1.77 bits per heavy atom. The Bertz CT molecular complexity index is 766. The molecule has 3 rings (SSSR count). The second-order valence-electron chi connectivity index (χ2n) is 4.90. The second-order valence-corrected chi connectivity index (χ2v) is 6.57. The molecule has 0 saturated heterocycles. The number of aryl methyl sites for hydroxylation is 1. The Morgan fingerprint density at radius 3 is 2.36 bits per heavy atom. The quantitative estimate of drug-likeness (QED) is 0.737. The maximum Gasteiger partial charge on any atom is 0.180 e. The van der Waals surface area contributed by atoms with Gasteiger partial charge >= 0.3 is 0 Å². The van der Waals surface area contributed by atoms with Crippen LogP contribution in [0.1, 0.15) is 10.4 Å². The molecule has 1 heterocycles. The number of hydrogen-bond donors (Lipinski definition) is 1. The van der Waals surface area contributed by atoms with E-state index in [2.05, 4.69) is 4.98 Å². The van der Waals surface area contributed by atoms with Crippen molar-refractivity contribution in [3.8, 4) is 17.0 Å². The number of nitrogen functional groups attached to an aromatic ring is 1. The van der Waals surface area contributed by atoms with Gasteiger partial charge in [-0.15, -0.1) is 11.3 Å². The Balaban J connectivity index is 1.69. The molecule has 0 spiro atoms. The normalized spacial score (nSPS) is 10.6. The number of thiazole rings is 1. The molecule has 0 bridgehead atoms. The van der Waals surface area contributed by atoms with Crippen molar-refractivity contribution >= 4 is 28.1 Å². The van der Waals surface area contributed by atoms with Crippen molar-refractivity contribution in [2.75, 3.05) is 5.73 Å². The lowest BCUT2D eigenvalue weighted by Gasteiger charge is -2.07. The molecule has 0 fully saturated rings. The molecule has 0 unspecified atom stereocenters. The third kappa shape index (κ3) is 3.40. The summed E-state index contributed by atoms with van der Waals surface area (Å²) in [5, 5.41) is 1.32. The molecule has 2 N–H and O–H groups in total. The van der Waals surface area contributed by atoms with E-state index in [9.17, 15) is 0 Å². The van der Waals surface area contributed by atoms with Gasteiger partial charge in [0, 0.05) is 15.5 Å². The van der Waals surface area contributed by atoms with Crippen LogP contribution < -0.4 is 10.5 Å². The standard InChI is InChI=1S/C17H15ClN2OS/c1-11-16(20-17(19)22-11)13-4-8-15(9-5-13)21-10-12-2-6-14(18)7-3-12/h2-9H,10H2,1H3,(H2,19,20). The highest BCUT2D eigenvalue weighted by molar-refractivity contribution is 7.15. The smallest absolute Gasteiger partial charge is 0.180 e. The van der Waals surface area contributed by atoms with Gasteiger partial charge in [0.25, 0.3) is 0 Å². The van der Waals surface area contributed by atoms with E-state index >= 15 is 0 Å². The highest BCUT2D eigenvalue weighted by Gasteiger charge is 2.08. The molecule has 0 saturated carbocycles. The first-order valence-corrected chi connectivity index (χ1v) is 8.02. The number of ether oxygens (including phenoxy) is 1. The van der Waals surface area contributed by atoms with Crippen molar-refractivity contribution in [2.45, 2.75) is 13.5 Å². The number of anilines is 1. The monoisotopic (exact) mass is 330 g/mol. The van der Waals surface area contributed by atoms with E-state index in [0.717, 1.165) is 32.5 Å². The number of rotatable bonds is 4. The summed E-state index contributed by atoms with van der Waals surface area (Å²) in [6.07, 6.45) is 0. The van der Waals surface area contributed by atoms with E-state index < -0.39 is 0 Å².